The van der Waals surface area contributed by atoms with E-state index in [0.717, 1.165) is 12.1 Å². The molecule has 0 aliphatic heterocycles. The Morgan fingerprint density at radius 3 is 2.65 bits per heavy atom. The lowest BCUT2D eigenvalue weighted by molar-refractivity contribution is -0.137. The van der Waals surface area contributed by atoms with Gasteiger partial charge in [-0.25, -0.2) is 9.97 Å². The van der Waals surface area contributed by atoms with Gasteiger partial charge < -0.3 is 15.4 Å². The second kappa shape index (κ2) is 8.33. The molecule has 0 saturated carbocycles. The first-order valence-electron chi connectivity index (χ1n) is 7.47. The number of ether oxygens (including phenoxy) is 1. The van der Waals surface area contributed by atoms with Crippen molar-refractivity contribution in [3.8, 4) is 0 Å². The topological polar surface area (TPSA) is 76.1 Å². The van der Waals surface area contributed by atoms with E-state index in [1.807, 2.05) is 0 Å². The van der Waals surface area contributed by atoms with Crippen molar-refractivity contribution in [3.63, 3.8) is 0 Å². The van der Waals surface area contributed by atoms with E-state index >= 15 is 0 Å². The summed E-state index contributed by atoms with van der Waals surface area (Å²) in [6, 6.07) is 4.81. The van der Waals surface area contributed by atoms with Crippen LogP contribution in [0.15, 0.2) is 24.3 Å². The minimum atomic E-state index is -4.59. The van der Waals surface area contributed by atoms with E-state index < -0.39 is 22.7 Å². The number of halogens is 4. The molecule has 10 heteroatoms. The van der Waals surface area contributed by atoms with Crippen molar-refractivity contribution in [2.45, 2.75) is 13.1 Å². The molecule has 2 N–H and O–H groups in total. The Labute approximate surface area is 152 Å². The van der Waals surface area contributed by atoms with Gasteiger partial charge in [0, 0.05) is 25.0 Å². The molecule has 26 heavy (non-hydrogen) atoms. The number of carbonyl (C=O) groups is 1. The molecule has 0 aliphatic rings. The minimum Gasteiger partial charge on any atom is -0.383 e. The summed E-state index contributed by atoms with van der Waals surface area (Å²) in [5.41, 5.74) is -0.321. The molecule has 0 unspecified atom stereocenters. The largest absolute Gasteiger partial charge is 0.417 e. The summed E-state index contributed by atoms with van der Waals surface area (Å²) < 4.78 is 43.7. The molecule has 2 rings (SSSR count). The number of hydrogen-bond acceptors (Lipinski definition) is 5. The average Bonchev–Trinajstić information content (AvgIpc) is 2.55. The van der Waals surface area contributed by atoms with E-state index in [4.69, 9.17) is 16.3 Å². The van der Waals surface area contributed by atoms with Crippen LogP contribution in [0.1, 0.15) is 21.7 Å². The number of nitrogens with zero attached hydrogens (tertiary/aromatic N) is 2. The minimum absolute atomic E-state index is 0.00246. The van der Waals surface area contributed by atoms with Gasteiger partial charge in [0.05, 0.1) is 17.2 Å². The number of carbonyl (C=O) groups excluding carboxylic acids is 1. The second-order valence-corrected chi connectivity index (χ2v) is 5.69. The van der Waals surface area contributed by atoms with Crippen molar-refractivity contribution in [1.82, 2.24) is 15.3 Å². The molecule has 0 aliphatic carbocycles. The van der Waals surface area contributed by atoms with Crippen molar-refractivity contribution in [1.29, 1.82) is 0 Å². The number of aryl methyl sites for hydroxylation is 1. The van der Waals surface area contributed by atoms with Crippen LogP contribution in [0.5, 0.6) is 0 Å². The van der Waals surface area contributed by atoms with E-state index in [9.17, 15) is 18.0 Å². The molecule has 1 aromatic carbocycles. The molecule has 0 atom stereocenters. The predicted molar refractivity (Wildman–Crippen MR) is 90.7 cm³/mol. The molecule has 0 fully saturated rings. The number of hydrogen-bond donors (Lipinski definition) is 2. The zero-order valence-corrected chi connectivity index (χ0v) is 14.7. The summed E-state index contributed by atoms with van der Waals surface area (Å²) in [4.78, 5) is 20.2. The molecule has 1 aromatic heterocycles. The fraction of sp³-hybridized carbons (Fsp3) is 0.312. The predicted octanol–water partition coefficient (Wildman–Crippen LogP) is 3.58. The van der Waals surface area contributed by atoms with Gasteiger partial charge in [-0.2, -0.15) is 13.2 Å². The zero-order chi connectivity index (χ0) is 19.3. The third-order valence-electron chi connectivity index (χ3n) is 3.21. The molecule has 0 saturated heterocycles. The highest BCUT2D eigenvalue weighted by molar-refractivity contribution is 6.31. The fourth-order valence-corrected chi connectivity index (χ4v) is 2.27. The van der Waals surface area contributed by atoms with Crippen LogP contribution < -0.4 is 10.6 Å². The van der Waals surface area contributed by atoms with Crippen molar-refractivity contribution in [2.24, 2.45) is 0 Å². The zero-order valence-electron chi connectivity index (χ0n) is 13.9. The van der Waals surface area contributed by atoms with Crippen molar-refractivity contribution in [2.75, 3.05) is 25.6 Å². The maximum atomic E-state index is 12.9. The normalized spacial score (nSPS) is 11.3. The molecule has 0 bridgehead atoms. The molecular formula is C16H16ClF3N4O2. The first kappa shape index (κ1) is 19.9. The summed E-state index contributed by atoms with van der Waals surface area (Å²) in [7, 11) is 1.50. The smallest absolute Gasteiger partial charge is 0.383 e. The number of nitrogens with one attached hydrogen (secondary N) is 2. The van der Waals surface area contributed by atoms with Crippen LogP contribution in [-0.2, 0) is 10.9 Å². The molecule has 0 radical (unpaired) electrons. The number of amides is 1. The lowest BCUT2D eigenvalue weighted by Crippen LogP contribution is -2.28. The van der Waals surface area contributed by atoms with Crippen LogP contribution in [-0.4, -0.2) is 36.1 Å². The van der Waals surface area contributed by atoms with Crippen molar-refractivity contribution < 1.29 is 22.7 Å². The van der Waals surface area contributed by atoms with Crippen LogP contribution in [0.25, 0.3) is 0 Å². The Morgan fingerprint density at radius 2 is 2.00 bits per heavy atom. The second-order valence-electron chi connectivity index (χ2n) is 5.28. The van der Waals surface area contributed by atoms with Crippen molar-refractivity contribution >= 4 is 29.1 Å². The number of anilines is 2. The monoisotopic (exact) mass is 388 g/mol. The first-order valence-corrected chi connectivity index (χ1v) is 7.85. The van der Waals surface area contributed by atoms with Crippen LogP contribution in [0.3, 0.4) is 0 Å². The molecular weight excluding hydrogens is 373 g/mol. The summed E-state index contributed by atoms with van der Waals surface area (Å²) in [5, 5.41) is 4.86. The number of benzene rings is 1. The van der Waals surface area contributed by atoms with E-state index in [-0.39, 0.29) is 17.3 Å². The quantitative estimate of drug-likeness (QED) is 0.740. The van der Waals surface area contributed by atoms with Gasteiger partial charge in [-0.1, -0.05) is 11.6 Å². The van der Waals surface area contributed by atoms with Crippen molar-refractivity contribution in [3.05, 3.63) is 46.2 Å². The first-order chi connectivity index (χ1) is 12.2. The number of rotatable bonds is 6. The summed E-state index contributed by atoms with van der Waals surface area (Å²) in [6.07, 6.45) is -4.59. The van der Waals surface area contributed by atoms with Gasteiger partial charge in [0.25, 0.3) is 5.91 Å². The van der Waals surface area contributed by atoms with E-state index in [0.29, 0.717) is 18.8 Å². The molecule has 6 nitrogen and oxygen atoms in total. The molecule has 0 spiro atoms. The van der Waals surface area contributed by atoms with Crippen LogP contribution in [0, 0.1) is 6.92 Å². The fourth-order valence-electron chi connectivity index (χ4n) is 2.05. The summed E-state index contributed by atoms with van der Waals surface area (Å²) in [5.74, 6) is -0.444. The summed E-state index contributed by atoms with van der Waals surface area (Å²) in [6.45, 7) is 2.28. The highest BCUT2D eigenvalue weighted by Crippen LogP contribution is 2.36. The molecule has 1 amide bonds. The van der Waals surface area contributed by atoms with Gasteiger partial charge in [-0.05, 0) is 31.2 Å². The third kappa shape index (κ3) is 5.30. The number of aromatic nitrogens is 2. The van der Waals surface area contributed by atoms with E-state index in [1.54, 1.807) is 6.92 Å². The maximum Gasteiger partial charge on any atom is 0.417 e. The Balaban J connectivity index is 2.23. The van der Waals surface area contributed by atoms with Gasteiger partial charge in [0.15, 0.2) is 0 Å². The van der Waals surface area contributed by atoms with Crippen LogP contribution in [0.2, 0.25) is 5.02 Å². The number of methoxy groups -OCH3 is 1. The molecule has 2 aromatic rings. The standard InChI is InChI=1S/C16H16ClF3N4O2/c1-9-7-13(14(25)21-5-6-26-2)24-15(22-9)23-10-3-4-12(17)11(8-10)16(18,19)20/h3-4,7-8H,5-6H2,1-2H3,(H,21,25)(H,22,23,24). The highest BCUT2D eigenvalue weighted by atomic mass is 35.5. The third-order valence-corrected chi connectivity index (χ3v) is 3.54. The lowest BCUT2D eigenvalue weighted by Gasteiger charge is -2.12. The summed E-state index contributed by atoms with van der Waals surface area (Å²) >= 11 is 5.59. The maximum absolute atomic E-state index is 12.9. The van der Waals surface area contributed by atoms with E-state index in [1.165, 1.54) is 19.2 Å². The Bertz CT molecular complexity index is 800. The average molecular weight is 389 g/mol. The Hall–Kier alpha value is -2.39. The van der Waals surface area contributed by atoms with Gasteiger partial charge in [-0.15, -0.1) is 0 Å². The Kier molecular flexibility index (Phi) is 6.38. The van der Waals surface area contributed by atoms with Gasteiger partial charge in [0.2, 0.25) is 5.95 Å². The number of alkyl halides is 3. The highest BCUT2D eigenvalue weighted by Gasteiger charge is 2.33. The SMILES string of the molecule is COCCNC(=O)c1cc(C)nc(Nc2ccc(Cl)c(C(F)(F)F)c2)n1. The van der Waals surface area contributed by atoms with Gasteiger partial charge in [0.1, 0.15) is 5.69 Å². The van der Waals surface area contributed by atoms with Crippen LogP contribution >= 0.6 is 11.6 Å². The van der Waals surface area contributed by atoms with Gasteiger partial charge >= 0.3 is 6.18 Å². The van der Waals surface area contributed by atoms with Gasteiger partial charge in [-0.3, -0.25) is 4.79 Å². The Morgan fingerprint density at radius 1 is 1.27 bits per heavy atom. The van der Waals surface area contributed by atoms with Crippen LogP contribution in [0.4, 0.5) is 24.8 Å². The lowest BCUT2D eigenvalue weighted by atomic mass is 10.2. The molecule has 140 valence electrons. The molecule has 1 heterocycles. The van der Waals surface area contributed by atoms with E-state index in [2.05, 4.69) is 20.6 Å².